The standard InChI is InChI=1S/C12H17BrFN/c1-8(5-9(2)15)6-10-3-4-11(14)7-12(10)13/h3-4,7-9H,5-6,15H2,1-2H3. The third-order valence-corrected chi connectivity index (χ3v) is 3.10. The van der Waals surface area contributed by atoms with Gasteiger partial charge in [0.1, 0.15) is 5.82 Å². The van der Waals surface area contributed by atoms with Crippen molar-refractivity contribution in [1.29, 1.82) is 0 Å². The average Bonchev–Trinajstić information content (AvgIpc) is 2.08. The smallest absolute Gasteiger partial charge is 0.124 e. The van der Waals surface area contributed by atoms with E-state index in [-0.39, 0.29) is 11.9 Å². The van der Waals surface area contributed by atoms with Crippen molar-refractivity contribution in [3.63, 3.8) is 0 Å². The molecule has 0 aliphatic rings. The first kappa shape index (κ1) is 12.7. The summed E-state index contributed by atoms with van der Waals surface area (Å²) in [6.45, 7) is 4.18. The summed E-state index contributed by atoms with van der Waals surface area (Å²) >= 11 is 3.37. The molecular formula is C12H17BrFN. The Kier molecular flexibility index (Phi) is 4.74. The molecule has 1 aromatic carbocycles. The SMILES string of the molecule is CC(N)CC(C)Cc1ccc(F)cc1Br. The van der Waals surface area contributed by atoms with Crippen LogP contribution < -0.4 is 5.73 Å². The maximum atomic E-state index is 12.8. The lowest BCUT2D eigenvalue weighted by atomic mass is 9.95. The zero-order valence-corrected chi connectivity index (χ0v) is 10.7. The van der Waals surface area contributed by atoms with Gasteiger partial charge in [-0.25, -0.2) is 4.39 Å². The molecule has 2 unspecified atom stereocenters. The molecule has 84 valence electrons. The molecule has 0 amide bonds. The van der Waals surface area contributed by atoms with Crippen LogP contribution in [-0.2, 0) is 6.42 Å². The molecule has 0 radical (unpaired) electrons. The molecule has 15 heavy (non-hydrogen) atoms. The third kappa shape index (κ3) is 4.31. The van der Waals surface area contributed by atoms with Gasteiger partial charge in [-0.15, -0.1) is 0 Å². The quantitative estimate of drug-likeness (QED) is 0.893. The molecule has 0 heterocycles. The van der Waals surface area contributed by atoms with E-state index < -0.39 is 0 Å². The van der Waals surface area contributed by atoms with E-state index in [0.717, 1.165) is 22.9 Å². The fraction of sp³-hybridized carbons (Fsp3) is 0.500. The fourth-order valence-corrected chi connectivity index (χ4v) is 2.29. The maximum absolute atomic E-state index is 12.8. The Hall–Kier alpha value is -0.410. The van der Waals surface area contributed by atoms with Crippen LogP contribution in [0.4, 0.5) is 4.39 Å². The van der Waals surface area contributed by atoms with Gasteiger partial charge < -0.3 is 5.73 Å². The van der Waals surface area contributed by atoms with Crippen LogP contribution >= 0.6 is 15.9 Å². The van der Waals surface area contributed by atoms with Crippen molar-refractivity contribution in [2.24, 2.45) is 11.7 Å². The number of hydrogen-bond acceptors (Lipinski definition) is 1. The highest BCUT2D eigenvalue weighted by molar-refractivity contribution is 9.10. The lowest BCUT2D eigenvalue weighted by Gasteiger charge is -2.14. The van der Waals surface area contributed by atoms with E-state index in [4.69, 9.17) is 5.73 Å². The zero-order valence-electron chi connectivity index (χ0n) is 9.13. The van der Waals surface area contributed by atoms with Gasteiger partial charge in [0, 0.05) is 10.5 Å². The Balaban J connectivity index is 2.64. The van der Waals surface area contributed by atoms with Crippen molar-refractivity contribution in [2.45, 2.75) is 32.7 Å². The number of nitrogens with two attached hydrogens (primary N) is 1. The second kappa shape index (κ2) is 5.61. The largest absolute Gasteiger partial charge is 0.328 e. The molecule has 0 saturated heterocycles. The number of hydrogen-bond donors (Lipinski definition) is 1. The highest BCUT2D eigenvalue weighted by atomic mass is 79.9. The second-order valence-electron chi connectivity index (χ2n) is 4.26. The van der Waals surface area contributed by atoms with Gasteiger partial charge >= 0.3 is 0 Å². The van der Waals surface area contributed by atoms with Gasteiger partial charge in [0.05, 0.1) is 0 Å². The molecule has 0 aromatic heterocycles. The summed E-state index contributed by atoms with van der Waals surface area (Å²) in [6, 6.07) is 5.06. The molecule has 0 aliphatic carbocycles. The van der Waals surface area contributed by atoms with Crippen LogP contribution in [0.1, 0.15) is 25.8 Å². The van der Waals surface area contributed by atoms with Crippen LogP contribution in [0.2, 0.25) is 0 Å². The zero-order chi connectivity index (χ0) is 11.4. The van der Waals surface area contributed by atoms with E-state index in [1.54, 1.807) is 0 Å². The Morgan fingerprint density at radius 2 is 2.07 bits per heavy atom. The molecule has 0 bridgehead atoms. The van der Waals surface area contributed by atoms with Gasteiger partial charge in [0.15, 0.2) is 0 Å². The molecule has 3 heteroatoms. The van der Waals surface area contributed by atoms with E-state index in [2.05, 4.69) is 22.9 Å². The van der Waals surface area contributed by atoms with Crippen molar-refractivity contribution in [3.8, 4) is 0 Å². The Morgan fingerprint density at radius 1 is 1.40 bits per heavy atom. The van der Waals surface area contributed by atoms with Crippen LogP contribution in [0, 0.1) is 11.7 Å². The molecule has 0 fully saturated rings. The van der Waals surface area contributed by atoms with Crippen molar-refractivity contribution >= 4 is 15.9 Å². The first-order valence-electron chi connectivity index (χ1n) is 5.18. The van der Waals surface area contributed by atoms with Gasteiger partial charge in [-0.05, 0) is 43.4 Å². The predicted octanol–water partition coefficient (Wildman–Crippen LogP) is 3.50. The van der Waals surface area contributed by atoms with Crippen LogP contribution in [0.5, 0.6) is 0 Å². The number of benzene rings is 1. The summed E-state index contributed by atoms with van der Waals surface area (Å²) in [5.74, 6) is 0.317. The lowest BCUT2D eigenvalue weighted by Crippen LogP contribution is -2.19. The summed E-state index contributed by atoms with van der Waals surface area (Å²) < 4.78 is 13.7. The normalized spacial score (nSPS) is 15.0. The Morgan fingerprint density at radius 3 is 2.60 bits per heavy atom. The van der Waals surface area contributed by atoms with E-state index >= 15 is 0 Å². The van der Waals surface area contributed by atoms with Crippen molar-refractivity contribution < 1.29 is 4.39 Å². The summed E-state index contributed by atoms with van der Waals surface area (Å²) in [5.41, 5.74) is 6.88. The van der Waals surface area contributed by atoms with E-state index in [1.165, 1.54) is 12.1 Å². The minimum Gasteiger partial charge on any atom is -0.328 e. The van der Waals surface area contributed by atoms with Gasteiger partial charge in [-0.1, -0.05) is 28.9 Å². The fourth-order valence-electron chi connectivity index (χ4n) is 1.78. The van der Waals surface area contributed by atoms with Gasteiger partial charge in [-0.2, -0.15) is 0 Å². The molecule has 2 atom stereocenters. The second-order valence-corrected chi connectivity index (χ2v) is 5.11. The molecule has 0 saturated carbocycles. The lowest BCUT2D eigenvalue weighted by molar-refractivity contribution is 0.479. The Labute approximate surface area is 99.0 Å². The van der Waals surface area contributed by atoms with Gasteiger partial charge in [0.25, 0.3) is 0 Å². The molecular weight excluding hydrogens is 257 g/mol. The van der Waals surface area contributed by atoms with Gasteiger partial charge in [0.2, 0.25) is 0 Å². The molecule has 0 spiro atoms. The molecule has 1 nitrogen and oxygen atoms in total. The molecule has 1 rings (SSSR count). The average molecular weight is 274 g/mol. The van der Waals surface area contributed by atoms with Crippen molar-refractivity contribution in [2.75, 3.05) is 0 Å². The monoisotopic (exact) mass is 273 g/mol. The summed E-state index contributed by atoms with van der Waals surface area (Å²) in [6.07, 6.45) is 1.92. The highest BCUT2D eigenvalue weighted by Crippen LogP contribution is 2.22. The number of halogens is 2. The number of rotatable bonds is 4. The maximum Gasteiger partial charge on any atom is 0.124 e. The van der Waals surface area contributed by atoms with E-state index in [0.29, 0.717) is 5.92 Å². The molecule has 0 aliphatic heterocycles. The minimum atomic E-state index is -0.203. The van der Waals surface area contributed by atoms with Gasteiger partial charge in [-0.3, -0.25) is 0 Å². The van der Waals surface area contributed by atoms with Crippen molar-refractivity contribution in [3.05, 3.63) is 34.1 Å². The molecule has 1 aromatic rings. The van der Waals surface area contributed by atoms with Crippen LogP contribution in [-0.4, -0.2) is 6.04 Å². The van der Waals surface area contributed by atoms with E-state index in [1.807, 2.05) is 13.0 Å². The summed E-state index contributed by atoms with van der Waals surface area (Å²) in [5, 5.41) is 0. The third-order valence-electron chi connectivity index (χ3n) is 2.36. The Bertz CT molecular complexity index is 325. The minimum absolute atomic E-state index is 0.203. The van der Waals surface area contributed by atoms with E-state index in [9.17, 15) is 4.39 Å². The highest BCUT2D eigenvalue weighted by Gasteiger charge is 2.09. The van der Waals surface area contributed by atoms with Crippen LogP contribution in [0.15, 0.2) is 22.7 Å². The van der Waals surface area contributed by atoms with Crippen LogP contribution in [0.3, 0.4) is 0 Å². The molecule has 2 N–H and O–H groups in total. The first-order valence-corrected chi connectivity index (χ1v) is 5.98. The summed E-state index contributed by atoms with van der Waals surface area (Å²) in [4.78, 5) is 0. The summed E-state index contributed by atoms with van der Waals surface area (Å²) in [7, 11) is 0. The van der Waals surface area contributed by atoms with Crippen molar-refractivity contribution in [1.82, 2.24) is 0 Å². The topological polar surface area (TPSA) is 26.0 Å². The predicted molar refractivity (Wildman–Crippen MR) is 65.2 cm³/mol. The van der Waals surface area contributed by atoms with Crippen LogP contribution in [0.25, 0.3) is 0 Å². The first-order chi connectivity index (χ1) is 6.99.